The second-order valence-corrected chi connectivity index (χ2v) is 8.95. The zero-order valence-electron chi connectivity index (χ0n) is 16.1. The van der Waals surface area contributed by atoms with Crippen LogP contribution in [-0.2, 0) is 14.8 Å². The number of methoxy groups -OCH3 is 1. The lowest BCUT2D eigenvalue weighted by molar-refractivity contribution is -0.384. The lowest BCUT2D eigenvalue weighted by Gasteiger charge is -2.23. The molecular weight excluding hydrogens is 457 g/mol. The third-order valence-electron chi connectivity index (χ3n) is 4.02. The first-order valence-corrected chi connectivity index (χ1v) is 11.2. The fraction of sp³-hybridized carbons (Fsp3) is 0.278. The lowest BCUT2D eigenvalue weighted by atomic mass is 10.2. The molecule has 2 aromatic carbocycles. The van der Waals surface area contributed by atoms with Crippen molar-refractivity contribution in [2.45, 2.75) is 12.8 Å². The van der Waals surface area contributed by atoms with E-state index in [1.165, 1.54) is 25.3 Å². The maximum atomic E-state index is 12.2. The number of amides is 1. The Morgan fingerprint density at radius 1 is 1.20 bits per heavy atom. The molecule has 0 aliphatic carbocycles. The van der Waals surface area contributed by atoms with Crippen LogP contribution in [0.5, 0.6) is 5.75 Å². The van der Waals surface area contributed by atoms with Gasteiger partial charge in [-0.05, 0) is 30.7 Å². The van der Waals surface area contributed by atoms with Crippen LogP contribution in [0, 0.1) is 10.1 Å². The summed E-state index contributed by atoms with van der Waals surface area (Å²) < 4.78 is 30.6. The zero-order chi connectivity index (χ0) is 22.5. The van der Waals surface area contributed by atoms with Gasteiger partial charge in [-0.2, -0.15) is 0 Å². The number of non-ortho nitro benzene ring substituents is 1. The quantitative estimate of drug-likeness (QED) is 0.430. The van der Waals surface area contributed by atoms with E-state index in [-0.39, 0.29) is 40.8 Å². The Labute approximate surface area is 183 Å². The van der Waals surface area contributed by atoms with Crippen LogP contribution in [0.4, 0.5) is 17.1 Å². The van der Waals surface area contributed by atoms with Crippen molar-refractivity contribution >= 4 is 56.2 Å². The van der Waals surface area contributed by atoms with Gasteiger partial charge < -0.3 is 10.1 Å². The minimum atomic E-state index is -3.63. The molecule has 0 saturated carbocycles. The molecule has 0 aliphatic heterocycles. The molecule has 1 N–H and O–H groups in total. The summed E-state index contributed by atoms with van der Waals surface area (Å²) in [5.41, 5.74) is 0.234. The molecule has 12 heteroatoms. The third kappa shape index (κ3) is 6.22. The number of benzene rings is 2. The largest absolute Gasteiger partial charge is 0.495 e. The number of carbonyl (C=O) groups excluding carboxylic acids is 1. The standard InChI is InChI=1S/C18H19Cl2N3O6S/c1-29-17-8-6-12(10-15(17)20)22(30(2,27)28)9-3-4-18(24)21-16-11-13(23(25)26)5-7-14(16)19/h5-8,10-11H,3-4,9H2,1-2H3,(H,21,24). The predicted octanol–water partition coefficient (Wildman–Crippen LogP) is 4.10. The number of nitro benzene ring substituents is 1. The van der Waals surface area contributed by atoms with Crippen molar-refractivity contribution in [3.8, 4) is 5.75 Å². The number of carbonyl (C=O) groups is 1. The van der Waals surface area contributed by atoms with Gasteiger partial charge in [0.05, 0.1) is 39.7 Å². The van der Waals surface area contributed by atoms with Gasteiger partial charge in [-0.15, -0.1) is 0 Å². The van der Waals surface area contributed by atoms with Crippen molar-refractivity contribution in [1.29, 1.82) is 0 Å². The first-order chi connectivity index (χ1) is 14.0. The van der Waals surface area contributed by atoms with Gasteiger partial charge >= 0.3 is 0 Å². The van der Waals surface area contributed by atoms with Crippen LogP contribution < -0.4 is 14.4 Å². The maximum Gasteiger partial charge on any atom is 0.271 e. The highest BCUT2D eigenvalue weighted by atomic mass is 35.5. The van der Waals surface area contributed by atoms with E-state index in [1.807, 2.05) is 0 Å². The number of halogens is 2. The minimum Gasteiger partial charge on any atom is -0.495 e. The molecule has 0 heterocycles. The fourth-order valence-electron chi connectivity index (χ4n) is 2.62. The second-order valence-electron chi connectivity index (χ2n) is 6.23. The third-order valence-corrected chi connectivity index (χ3v) is 5.84. The van der Waals surface area contributed by atoms with Crippen LogP contribution in [-0.4, -0.2) is 39.2 Å². The average Bonchev–Trinajstić information content (AvgIpc) is 2.65. The van der Waals surface area contributed by atoms with Crippen molar-refractivity contribution in [2.75, 3.05) is 29.5 Å². The summed E-state index contributed by atoms with van der Waals surface area (Å²) >= 11 is 12.0. The van der Waals surface area contributed by atoms with Gasteiger partial charge in [0.2, 0.25) is 15.9 Å². The van der Waals surface area contributed by atoms with Gasteiger partial charge in [-0.1, -0.05) is 23.2 Å². The average molecular weight is 476 g/mol. The first kappa shape index (κ1) is 23.7. The minimum absolute atomic E-state index is 0.0254. The highest BCUT2D eigenvalue weighted by Crippen LogP contribution is 2.30. The molecule has 0 saturated heterocycles. The first-order valence-electron chi connectivity index (χ1n) is 8.58. The number of sulfonamides is 1. The molecule has 0 spiro atoms. The number of nitrogens with one attached hydrogen (secondary N) is 1. The van der Waals surface area contributed by atoms with Gasteiger partial charge in [0.25, 0.3) is 5.69 Å². The number of nitro groups is 1. The Morgan fingerprint density at radius 3 is 2.47 bits per heavy atom. The van der Waals surface area contributed by atoms with Crippen LogP contribution in [0.25, 0.3) is 0 Å². The summed E-state index contributed by atoms with van der Waals surface area (Å²) in [5, 5.41) is 13.8. The normalized spacial score (nSPS) is 11.1. The van der Waals surface area contributed by atoms with Crippen molar-refractivity contribution < 1.29 is 22.9 Å². The van der Waals surface area contributed by atoms with Gasteiger partial charge in [0, 0.05) is 25.1 Å². The Hall–Kier alpha value is -2.56. The summed E-state index contributed by atoms with van der Waals surface area (Å²) in [6.07, 6.45) is 1.21. The molecule has 30 heavy (non-hydrogen) atoms. The summed E-state index contributed by atoms with van der Waals surface area (Å²) in [7, 11) is -2.18. The molecule has 0 unspecified atom stereocenters. The maximum absolute atomic E-state index is 12.2. The van der Waals surface area contributed by atoms with Gasteiger partial charge in [-0.3, -0.25) is 19.2 Å². The molecule has 0 bridgehead atoms. The van der Waals surface area contributed by atoms with E-state index in [4.69, 9.17) is 27.9 Å². The van der Waals surface area contributed by atoms with Gasteiger partial charge in [-0.25, -0.2) is 8.42 Å². The Bertz CT molecular complexity index is 1060. The molecule has 2 aromatic rings. The van der Waals surface area contributed by atoms with Crippen LogP contribution in [0.3, 0.4) is 0 Å². The summed E-state index contributed by atoms with van der Waals surface area (Å²) in [6.45, 7) is 0.0254. The number of hydrogen-bond donors (Lipinski definition) is 1. The molecule has 0 radical (unpaired) electrons. The van der Waals surface area contributed by atoms with Crippen molar-refractivity contribution in [2.24, 2.45) is 0 Å². The van der Waals surface area contributed by atoms with E-state index in [2.05, 4.69) is 5.32 Å². The summed E-state index contributed by atoms with van der Waals surface area (Å²) in [4.78, 5) is 22.5. The molecule has 2 rings (SSSR count). The van der Waals surface area contributed by atoms with E-state index in [0.717, 1.165) is 16.6 Å². The second kappa shape index (κ2) is 9.96. The molecule has 162 valence electrons. The van der Waals surface area contributed by atoms with Crippen molar-refractivity contribution in [3.63, 3.8) is 0 Å². The Morgan fingerprint density at radius 2 is 1.90 bits per heavy atom. The summed E-state index contributed by atoms with van der Waals surface area (Å²) in [6, 6.07) is 8.25. The van der Waals surface area contributed by atoms with E-state index >= 15 is 0 Å². The van der Waals surface area contributed by atoms with Crippen LogP contribution >= 0.6 is 23.2 Å². The van der Waals surface area contributed by atoms with Gasteiger partial charge in [0.15, 0.2) is 0 Å². The Balaban J connectivity index is 2.05. The number of anilines is 2. The highest BCUT2D eigenvalue weighted by molar-refractivity contribution is 7.92. The molecule has 0 fully saturated rings. The molecular formula is C18H19Cl2N3O6S. The number of hydrogen-bond acceptors (Lipinski definition) is 6. The van der Waals surface area contributed by atoms with Crippen LogP contribution in [0.1, 0.15) is 12.8 Å². The number of nitrogens with zero attached hydrogens (tertiary/aromatic N) is 2. The van der Waals surface area contributed by atoms with Crippen LogP contribution in [0.15, 0.2) is 36.4 Å². The molecule has 0 aromatic heterocycles. The Kier molecular flexibility index (Phi) is 7.88. The van der Waals surface area contributed by atoms with Crippen molar-refractivity contribution in [3.05, 3.63) is 56.6 Å². The van der Waals surface area contributed by atoms with E-state index < -0.39 is 20.9 Å². The summed E-state index contributed by atoms with van der Waals surface area (Å²) in [5.74, 6) is -0.0549. The topological polar surface area (TPSA) is 119 Å². The predicted molar refractivity (Wildman–Crippen MR) is 116 cm³/mol. The van der Waals surface area contributed by atoms with Crippen molar-refractivity contribution in [1.82, 2.24) is 0 Å². The SMILES string of the molecule is COc1ccc(N(CCCC(=O)Nc2cc([N+](=O)[O-])ccc2Cl)S(C)(=O)=O)cc1Cl. The zero-order valence-corrected chi connectivity index (χ0v) is 18.4. The van der Waals surface area contributed by atoms with E-state index in [9.17, 15) is 23.3 Å². The van der Waals surface area contributed by atoms with Crippen LogP contribution in [0.2, 0.25) is 10.0 Å². The van der Waals surface area contributed by atoms with E-state index in [1.54, 1.807) is 12.1 Å². The smallest absolute Gasteiger partial charge is 0.271 e. The van der Waals surface area contributed by atoms with E-state index in [0.29, 0.717) is 11.4 Å². The fourth-order valence-corrected chi connectivity index (χ4v) is 3.99. The molecule has 9 nitrogen and oxygen atoms in total. The number of ether oxygens (including phenoxy) is 1. The number of rotatable bonds is 9. The lowest BCUT2D eigenvalue weighted by Crippen LogP contribution is -2.31. The van der Waals surface area contributed by atoms with Gasteiger partial charge in [0.1, 0.15) is 5.75 Å². The highest BCUT2D eigenvalue weighted by Gasteiger charge is 2.19. The molecule has 0 atom stereocenters. The molecule has 1 amide bonds. The monoisotopic (exact) mass is 475 g/mol. The molecule has 0 aliphatic rings.